The second-order valence-corrected chi connectivity index (χ2v) is 4.81. The zero-order chi connectivity index (χ0) is 15.0. The third kappa shape index (κ3) is 3.46. The maximum Gasteiger partial charge on any atom is 0.379 e. The molecule has 0 saturated heterocycles. The zero-order valence-electron chi connectivity index (χ0n) is 9.81. The minimum atomic E-state index is -6.15. The lowest BCUT2D eigenvalue weighted by Crippen LogP contribution is -2.61. The highest BCUT2D eigenvalue weighted by Gasteiger charge is 2.75. The molecule has 0 bridgehead atoms. The van der Waals surface area contributed by atoms with Gasteiger partial charge in [0.1, 0.15) is 0 Å². The van der Waals surface area contributed by atoms with Crippen molar-refractivity contribution in [2.75, 3.05) is 6.54 Å². The molecule has 0 aliphatic carbocycles. The summed E-state index contributed by atoms with van der Waals surface area (Å²) in [5, 5.41) is 1.87. The van der Waals surface area contributed by atoms with Crippen LogP contribution in [0.25, 0.3) is 0 Å². The fourth-order valence-corrected chi connectivity index (χ4v) is 0.868. The van der Waals surface area contributed by atoms with E-state index in [9.17, 15) is 35.1 Å². The molecule has 0 aromatic carbocycles. The van der Waals surface area contributed by atoms with Gasteiger partial charge in [-0.1, -0.05) is 0 Å². The van der Waals surface area contributed by atoms with Gasteiger partial charge in [0.25, 0.3) is 0 Å². The van der Waals surface area contributed by atoms with Crippen molar-refractivity contribution >= 4 is 0 Å². The second-order valence-electron chi connectivity index (χ2n) is 4.81. The van der Waals surface area contributed by atoms with Gasteiger partial charge in [-0.3, -0.25) is 0 Å². The average Bonchev–Trinajstić information content (AvgIpc) is 2.13. The van der Waals surface area contributed by atoms with Gasteiger partial charge in [0.05, 0.1) is 6.54 Å². The molecule has 0 spiro atoms. The van der Waals surface area contributed by atoms with E-state index >= 15 is 0 Å². The summed E-state index contributed by atoms with van der Waals surface area (Å²) in [4.78, 5) is 0. The minimum absolute atomic E-state index is 1.06. The minimum Gasteiger partial charge on any atom is -0.306 e. The molecule has 0 saturated carbocycles. The van der Waals surface area contributed by atoms with Gasteiger partial charge in [-0.25, -0.2) is 8.78 Å². The maximum absolute atomic E-state index is 13.0. The Kier molecular flexibility index (Phi) is 4.66. The maximum atomic E-state index is 13.0. The van der Waals surface area contributed by atoms with Gasteiger partial charge in [0, 0.05) is 5.54 Å². The van der Waals surface area contributed by atoms with Gasteiger partial charge >= 0.3 is 24.2 Å². The van der Waals surface area contributed by atoms with E-state index in [1.54, 1.807) is 0 Å². The molecule has 1 nitrogen and oxygen atoms in total. The fraction of sp³-hybridized carbons (Fsp3) is 1.00. The molecule has 0 radical (unpaired) electrons. The van der Waals surface area contributed by atoms with Crippen LogP contribution >= 0.6 is 0 Å². The van der Waals surface area contributed by atoms with E-state index in [4.69, 9.17) is 0 Å². The number of halogens is 8. The molecular formula is C9H13F8N. The van der Waals surface area contributed by atoms with Crippen LogP contribution in [0.15, 0.2) is 0 Å². The molecule has 0 aromatic rings. The van der Waals surface area contributed by atoms with Gasteiger partial charge in [-0.15, -0.1) is 0 Å². The zero-order valence-corrected chi connectivity index (χ0v) is 9.81. The summed E-state index contributed by atoms with van der Waals surface area (Å²) >= 11 is 0. The molecular weight excluding hydrogens is 274 g/mol. The quantitative estimate of drug-likeness (QED) is 0.763. The first-order valence-electron chi connectivity index (χ1n) is 4.82. The molecule has 0 aliphatic heterocycles. The summed E-state index contributed by atoms with van der Waals surface area (Å²) < 4.78 is 99.8. The summed E-state index contributed by atoms with van der Waals surface area (Å²) in [6.45, 7) is 2.14. The highest BCUT2D eigenvalue weighted by Crippen LogP contribution is 2.48. The first-order chi connectivity index (χ1) is 7.65. The van der Waals surface area contributed by atoms with Crippen LogP contribution in [0.2, 0.25) is 0 Å². The molecule has 0 aliphatic rings. The number of nitrogens with one attached hydrogen (secondary N) is 1. The van der Waals surface area contributed by atoms with Crippen LogP contribution in [0, 0.1) is 0 Å². The van der Waals surface area contributed by atoms with Crippen molar-refractivity contribution in [2.24, 2.45) is 0 Å². The third-order valence-corrected chi connectivity index (χ3v) is 1.99. The Balaban J connectivity index is 5.08. The van der Waals surface area contributed by atoms with Gasteiger partial charge in [-0.05, 0) is 20.8 Å². The highest BCUT2D eigenvalue weighted by atomic mass is 19.4. The average molecular weight is 287 g/mol. The Morgan fingerprint density at radius 3 is 1.56 bits per heavy atom. The Labute approximate surface area is 98.5 Å². The molecule has 18 heavy (non-hydrogen) atoms. The molecule has 110 valence electrons. The van der Waals surface area contributed by atoms with Crippen molar-refractivity contribution in [3.63, 3.8) is 0 Å². The van der Waals surface area contributed by atoms with Crippen molar-refractivity contribution in [3.8, 4) is 0 Å². The second kappa shape index (κ2) is 4.82. The van der Waals surface area contributed by atoms with Crippen LogP contribution in [0.3, 0.4) is 0 Å². The Hall–Kier alpha value is -0.600. The van der Waals surface area contributed by atoms with Gasteiger partial charge in [-0.2, -0.15) is 26.3 Å². The summed E-state index contributed by atoms with van der Waals surface area (Å²) in [6, 6.07) is 0. The van der Waals surface area contributed by atoms with E-state index in [2.05, 4.69) is 0 Å². The van der Waals surface area contributed by atoms with Crippen LogP contribution < -0.4 is 5.32 Å². The molecule has 0 aromatic heterocycles. The molecule has 9 heteroatoms. The van der Waals surface area contributed by atoms with E-state index in [1.807, 2.05) is 5.32 Å². The predicted molar refractivity (Wildman–Crippen MR) is 48.6 cm³/mol. The topological polar surface area (TPSA) is 12.0 Å². The lowest BCUT2D eigenvalue weighted by atomic mass is 10.0. The largest absolute Gasteiger partial charge is 0.379 e. The molecule has 0 atom stereocenters. The lowest BCUT2D eigenvalue weighted by molar-refractivity contribution is -0.336. The number of alkyl halides is 8. The number of rotatable bonds is 5. The van der Waals surface area contributed by atoms with Crippen LogP contribution in [-0.4, -0.2) is 36.3 Å². The Morgan fingerprint density at radius 2 is 1.28 bits per heavy atom. The smallest absolute Gasteiger partial charge is 0.306 e. The SMILES string of the molecule is CC(C)(C)NCC(F)(F)C(F)(F)C(F)(F)C(F)F. The predicted octanol–water partition coefficient (Wildman–Crippen LogP) is 3.55. The normalized spacial score (nSPS) is 15.3. The van der Waals surface area contributed by atoms with Crippen molar-refractivity contribution in [1.82, 2.24) is 5.32 Å². The van der Waals surface area contributed by atoms with Crippen LogP contribution in [0.1, 0.15) is 20.8 Å². The first-order valence-corrected chi connectivity index (χ1v) is 4.82. The van der Waals surface area contributed by atoms with E-state index in [0.29, 0.717) is 0 Å². The van der Waals surface area contributed by atoms with Crippen molar-refractivity contribution < 1.29 is 35.1 Å². The van der Waals surface area contributed by atoms with Gasteiger partial charge in [0.15, 0.2) is 0 Å². The van der Waals surface area contributed by atoms with Gasteiger partial charge < -0.3 is 5.32 Å². The molecule has 0 unspecified atom stereocenters. The highest BCUT2D eigenvalue weighted by molar-refractivity contribution is 4.99. The summed E-state index contributed by atoms with van der Waals surface area (Å²) in [5.41, 5.74) is -1.06. The summed E-state index contributed by atoms with van der Waals surface area (Å²) in [5.74, 6) is -17.6. The van der Waals surface area contributed by atoms with E-state index in [1.165, 1.54) is 20.8 Å². The molecule has 0 heterocycles. The van der Waals surface area contributed by atoms with Crippen LogP contribution in [0.5, 0.6) is 0 Å². The molecule has 0 fully saturated rings. The van der Waals surface area contributed by atoms with Crippen LogP contribution in [-0.2, 0) is 0 Å². The molecule has 1 N–H and O–H groups in total. The first kappa shape index (κ1) is 17.4. The summed E-state index contributed by atoms with van der Waals surface area (Å²) in [7, 11) is 0. The standard InChI is InChI=1S/C9H13F8N/c1-6(2,3)18-4-7(12,13)9(16,17)8(14,15)5(10)11/h5,18H,4H2,1-3H3. The Morgan fingerprint density at radius 1 is 0.889 bits per heavy atom. The fourth-order valence-electron chi connectivity index (χ4n) is 0.868. The van der Waals surface area contributed by atoms with Crippen molar-refractivity contribution in [2.45, 2.75) is 50.5 Å². The van der Waals surface area contributed by atoms with Crippen molar-refractivity contribution in [1.29, 1.82) is 0 Å². The van der Waals surface area contributed by atoms with E-state index in [0.717, 1.165) is 0 Å². The summed E-state index contributed by atoms with van der Waals surface area (Å²) in [6.07, 6.45) is -4.88. The van der Waals surface area contributed by atoms with Gasteiger partial charge in [0.2, 0.25) is 0 Å². The lowest BCUT2D eigenvalue weighted by Gasteiger charge is -2.34. The van der Waals surface area contributed by atoms with Crippen molar-refractivity contribution in [3.05, 3.63) is 0 Å². The molecule has 0 rings (SSSR count). The Bertz CT molecular complexity index is 281. The monoisotopic (exact) mass is 287 g/mol. The van der Waals surface area contributed by atoms with Crippen LogP contribution in [0.4, 0.5) is 35.1 Å². The number of hydrogen-bond donors (Lipinski definition) is 1. The third-order valence-electron chi connectivity index (χ3n) is 1.99. The number of hydrogen-bond acceptors (Lipinski definition) is 1. The van der Waals surface area contributed by atoms with E-state index < -0.39 is 36.3 Å². The molecule has 0 amide bonds. The van der Waals surface area contributed by atoms with E-state index in [-0.39, 0.29) is 0 Å².